The predicted octanol–water partition coefficient (Wildman–Crippen LogP) is -3.20. The number of aliphatic hydroxyl groups is 7. The summed E-state index contributed by atoms with van der Waals surface area (Å²) in [6.07, 6.45) is -13.4. The number of aliphatic hydroxyl groups excluding tert-OH is 7. The molecule has 2 saturated heterocycles. The molecule has 2 aliphatic rings. The zero-order valence-electron chi connectivity index (χ0n) is 18.2. The molecule has 2 fully saturated rings. The maximum absolute atomic E-state index is 12.3. The fraction of sp³-hybridized carbons (Fsp3) is 0.850. The summed E-state index contributed by atoms with van der Waals surface area (Å²) in [6.45, 7) is 3.78. The molecule has 12 nitrogen and oxygen atoms in total. The number of ether oxygens (including phenoxy) is 4. The molecule has 0 aliphatic carbocycles. The van der Waals surface area contributed by atoms with E-state index < -0.39 is 86.3 Å². The number of hydrogen-bond acceptors (Lipinski definition) is 12. The van der Waals surface area contributed by atoms with E-state index in [-0.39, 0.29) is 6.61 Å². The fourth-order valence-electron chi connectivity index (χ4n) is 3.59. The lowest BCUT2D eigenvalue weighted by atomic mass is 9.88. The molecule has 2 rings (SSSR count). The summed E-state index contributed by atoms with van der Waals surface area (Å²) in [6, 6.07) is 0. The van der Waals surface area contributed by atoms with Crippen molar-refractivity contribution >= 4 is 5.97 Å². The van der Waals surface area contributed by atoms with E-state index in [9.17, 15) is 40.5 Å². The van der Waals surface area contributed by atoms with Crippen LogP contribution >= 0.6 is 0 Å². The van der Waals surface area contributed by atoms with Crippen LogP contribution in [0.4, 0.5) is 0 Å². The SMILES string of the molecule is CC(C)=CCOC(=O)C(C)C1O[C@H](CO)[C@@H](OC2O[C@H](CO)[C@H](O)[C@H](O)[C@H]2O)[C@H](O)[C@H]1O. The van der Waals surface area contributed by atoms with Crippen LogP contribution in [0.2, 0.25) is 0 Å². The Morgan fingerprint density at radius 1 is 0.906 bits per heavy atom. The molecule has 32 heavy (non-hydrogen) atoms. The van der Waals surface area contributed by atoms with Crippen molar-refractivity contribution in [1.29, 1.82) is 0 Å². The Balaban J connectivity index is 2.10. The van der Waals surface area contributed by atoms with E-state index in [1.807, 2.05) is 13.8 Å². The third-order valence-corrected chi connectivity index (χ3v) is 5.62. The first-order valence-corrected chi connectivity index (χ1v) is 10.4. The highest BCUT2D eigenvalue weighted by Crippen LogP contribution is 2.31. The predicted molar refractivity (Wildman–Crippen MR) is 106 cm³/mol. The van der Waals surface area contributed by atoms with Gasteiger partial charge in [0.2, 0.25) is 0 Å². The minimum Gasteiger partial charge on any atom is -0.461 e. The first kappa shape index (κ1) is 27.1. The zero-order chi connectivity index (χ0) is 24.2. The Morgan fingerprint density at radius 3 is 2.09 bits per heavy atom. The molecule has 0 spiro atoms. The van der Waals surface area contributed by atoms with Crippen LogP contribution in [0.15, 0.2) is 11.6 Å². The van der Waals surface area contributed by atoms with Crippen molar-refractivity contribution in [3.63, 3.8) is 0 Å². The van der Waals surface area contributed by atoms with Crippen LogP contribution in [0.5, 0.6) is 0 Å². The van der Waals surface area contributed by atoms with E-state index in [0.29, 0.717) is 0 Å². The fourth-order valence-corrected chi connectivity index (χ4v) is 3.59. The molecule has 0 amide bonds. The Bertz CT molecular complexity index is 634. The lowest BCUT2D eigenvalue weighted by molar-refractivity contribution is -0.343. The van der Waals surface area contributed by atoms with Crippen LogP contribution in [0.25, 0.3) is 0 Å². The van der Waals surface area contributed by atoms with Crippen LogP contribution in [0, 0.1) is 5.92 Å². The van der Waals surface area contributed by atoms with Crippen LogP contribution in [-0.2, 0) is 23.7 Å². The summed E-state index contributed by atoms with van der Waals surface area (Å²) >= 11 is 0. The summed E-state index contributed by atoms with van der Waals surface area (Å²) < 4.78 is 21.5. The second-order valence-corrected chi connectivity index (χ2v) is 8.30. The number of carbonyl (C=O) groups is 1. The van der Waals surface area contributed by atoms with E-state index in [1.54, 1.807) is 6.08 Å². The van der Waals surface area contributed by atoms with Gasteiger partial charge in [-0.1, -0.05) is 5.57 Å². The van der Waals surface area contributed by atoms with Gasteiger partial charge in [-0.3, -0.25) is 4.79 Å². The maximum atomic E-state index is 12.3. The molecule has 186 valence electrons. The Labute approximate surface area is 185 Å². The van der Waals surface area contributed by atoms with E-state index in [4.69, 9.17) is 18.9 Å². The van der Waals surface area contributed by atoms with Gasteiger partial charge < -0.3 is 54.7 Å². The minimum absolute atomic E-state index is 0.0309. The number of esters is 1. The third-order valence-electron chi connectivity index (χ3n) is 5.62. The number of hydrogen-bond donors (Lipinski definition) is 7. The summed E-state index contributed by atoms with van der Waals surface area (Å²) in [5.41, 5.74) is 0.948. The molecule has 0 aromatic rings. The van der Waals surface area contributed by atoms with Crippen LogP contribution in [0.3, 0.4) is 0 Å². The van der Waals surface area contributed by atoms with Gasteiger partial charge in [-0.2, -0.15) is 0 Å². The highest BCUT2D eigenvalue weighted by Gasteiger charge is 2.52. The highest BCUT2D eigenvalue weighted by molar-refractivity contribution is 5.73. The number of rotatable bonds is 8. The molecule has 2 heterocycles. The monoisotopic (exact) mass is 466 g/mol. The topological polar surface area (TPSA) is 196 Å². The molecular formula is C20H34O12. The molecule has 0 radical (unpaired) electrons. The van der Waals surface area contributed by atoms with Gasteiger partial charge in [0.15, 0.2) is 6.29 Å². The standard InChI is InChI=1S/C20H34O12/c1-8(2)4-5-29-19(28)9(3)17-14(25)15(26)18(11(7-22)30-17)32-20-16(27)13(24)12(23)10(6-21)31-20/h4,9-18,20-27H,5-7H2,1-3H3/t9?,10-,11-,12+,13+,14-,15-,16-,17?,18-,20?/m1/s1. The van der Waals surface area contributed by atoms with E-state index >= 15 is 0 Å². The van der Waals surface area contributed by atoms with Crippen LogP contribution in [-0.4, -0.2) is 123 Å². The Kier molecular flexibility index (Phi) is 9.97. The molecular weight excluding hydrogens is 432 g/mol. The van der Waals surface area contributed by atoms with Crippen molar-refractivity contribution in [1.82, 2.24) is 0 Å². The number of carbonyl (C=O) groups excluding carboxylic acids is 1. The second-order valence-electron chi connectivity index (χ2n) is 8.30. The van der Waals surface area contributed by atoms with Gasteiger partial charge in [-0.05, 0) is 26.8 Å². The average Bonchev–Trinajstić information content (AvgIpc) is 2.76. The normalized spacial score (nSPS) is 41.1. The van der Waals surface area contributed by atoms with Crippen molar-refractivity contribution < 1.29 is 59.5 Å². The lowest BCUT2D eigenvalue weighted by Gasteiger charge is -2.46. The zero-order valence-corrected chi connectivity index (χ0v) is 18.2. The van der Waals surface area contributed by atoms with Gasteiger partial charge in [-0.25, -0.2) is 0 Å². The molecule has 0 aromatic carbocycles. The van der Waals surface area contributed by atoms with Crippen molar-refractivity contribution in [3.05, 3.63) is 11.6 Å². The maximum Gasteiger partial charge on any atom is 0.311 e. The quantitative estimate of drug-likeness (QED) is 0.140. The van der Waals surface area contributed by atoms with Crippen LogP contribution < -0.4 is 0 Å². The van der Waals surface area contributed by atoms with Crippen LogP contribution in [0.1, 0.15) is 20.8 Å². The van der Waals surface area contributed by atoms with E-state index in [1.165, 1.54) is 6.92 Å². The Morgan fingerprint density at radius 2 is 1.53 bits per heavy atom. The average molecular weight is 466 g/mol. The first-order valence-electron chi connectivity index (χ1n) is 10.4. The van der Waals surface area contributed by atoms with Gasteiger partial charge >= 0.3 is 5.97 Å². The van der Waals surface area contributed by atoms with Gasteiger partial charge in [0.05, 0.1) is 25.2 Å². The molecule has 3 unspecified atom stereocenters. The summed E-state index contributed by atoms with van der Waals surface area (Å²) in [5.74, 6) is -1.67. The lowest BCUT2D eigenvalue weighted by Crippen LogP contribution is -2.65. The molecule has 0 bridgehead atoms. The van der Waals surface area contributed by atoms with E-state index in [2.05, 4.69) is 0 Å². The second kappa shape index (κ2) is 11.8. The summed E-state index contributed by atoms with van der Waals surface area (Å²) in [5, 5.41) is 70.1. The minimum atomic E-state index is -1.75. The molecule has 11 atom stereocenters. The molecule has 0 aromatic heterocycles. The van der Waals surface area contributed by atoms with Crippen molar-refractivity contribution in [2.24, 2.45) is 5.92 Å². The van der Waals surface area contributed by atoms with Gasteiger partial charge in [-0.15, -0.1) is 0 Å². The molecule has 0 saturated carbocycles. The number of allylic oxidation sites excluding steroid dienone is 1. The van der Waals surface area contributed by atoms with Gasteiger partial charge in [0, 0.05) is 0 Å². The van der Waals surface area contributed by atoms with E-state index in [0.717, 1.165) is 5.57 Å². The smallest absolute Gasteiger partial charge is 0.311 e. The van der Waals surface area contributed by atoms with Crippen molar-refractivity contribution in [3.8, 4) is 0 Å². The van der Waals surface area contributed by atoms with Crippen molar-refractivity contribution in [2.75, 3.05) is 19.8 Å². The van der Waals surface area contributed by atoms with Gasteiger partial charge in [0.1, 0.15) is 55.4 Å². The van der Waals surface area contributed by atoms with Gasteiger partial charge in [0.25, 0.3) is 0 Å². The largest absolute Gasteiger partial charge is 0.461 e. The Hall–Kier alpha value is -1.19. The van der Waals surface area contributed by atoms with Crippen molar-refractivity contribution in [2.45, 2.75) is 82.0 Å². The molecule has 7 N–H and O–H groups in total. The molecule has 2 aliphatic heterocycles. The highest BCUT2D eigenvalue weighted by atomic mass is 16.7. The summed E-state index contributed by atoms with van der Waals surface area (Å²) in [7, 11) is 0. The first-order chi connectivity index (χ1) is 15.0. The molecule has 12 heteroatoms. The summed E-state index contributed by atoms with van der Waals surface area (Å²) in [4.78, 5) is 12.3. The third kappa shape index (κ3) is 6.03.